The molecule has 0 aromatic carbocycles. The first-order valence-electron chi connectivity index (χ1n) is 35.2. The van der Waals surface area contributed by atoms with Crippen LogP contribution in [0.1, 0.15) is 354 Å². The van der Waals surface area contributed by atoms with Gasteiger partial charge in [-0.05, 0) is 44.9 Å². The number of amides is 1. The predicted octanol–water partition coefficient (Wildman–Crippen LogP) is 18.3. The molecule has 13 heteroatoms. The van der Waals surface area contributed by atoms with Crippen LogP contribution in [0.4, 0.5) is 0 Å². The van der Waals surface area contributed by atoms with Crippen molar-refractivity contribution in [2.75, 3.05) is 13.2 Å². The number of hydrogen-bond donors (Lipinski definition) is 6. The van der Waals surface area contributed by atoms with Gasteiger partial charge < -0.3 is 35.2 Å². The fourth-order valence-corrected chi connectivity index (χ4v) is 12.1. The summed E-state index contributed by atoms with van der Waals surface area (Å²) in [5, 5.41) is 45.1. The molecular formula is C69H133NO11S. The molecule has 1 aliphatic rings. The molecule has 0 aromatic rings. The summed E-state index contributed by atoms with van der Waals surface area (Å²) in [4.78, 5) is 13.2. The van der Waals surface area contributed by atoms with Crippen LogP contribution >= 0.6 is 0 Å². The van der Waals surface area contributed by atoms with Gasteiger partial charge in [-0.15, -0.1) is 0 Å². The maximum atomic E-state index is 13.2. The molecule has 12 nitrogen and oxygen atoms in total. The molecule has 6 N–H and O–H groups in total. The Balaban J connectivity index is 2.21. The molecule has 0 aromatic heterocycles. The first-order valence-corrected chi connectivity index (χ1v) is 36.6. The number of rotatable bonds is 63. The van der Waals surface area contributed by atoms with Crippen molar-refractivity contribution in [2.24, 2.45) is 0 Å². The Morgan fingerprint density at radius 2 is 0.780 bits per heavy atom. The van der Waals surface area contributed by atoms with Gasteiger partial charge in [-0.2, -0.15) is 8.42 Å². The van der Waals surface area contributed by atoms with E-state index in [1.807, 2.05) is 6.08 Å². The van der Waals surface area contributed by atoms with Crippen molar-refractivity contribution in [2.45, 2.75) is 397 Å². The normalized spacial score (nSPS) is 18.5. The second-order valence-electron chi connectivity index (χ2n) is 24.8. The van der Waals surface area contributed by atoms with Crippen LogP contribution in [-0.4, -0.2) is 95.4 Å². The standard InChI is InChI=1S/C69H133NO11S/c1-3-5-7-9-11-13-15-17-19-21-23-25-26-27-28-29-30-31-32-33-34-35-36-37-38-39-41-43-45-47-49-51-53-55-57-59-65(73)70-62(61-79-69-67(75)68(81-82(76,77)78)66(74)64(60-71)80-69)63(72)58-56-54-52-50-48-46-44-42-40-24-22-20-18-16-14-12-10-8-6-4-2/h29-30,56,58,62-64,66-69,71-72,74-75H,3-28,31-55,57,59-61H2,1-2H3,(H,70,73)(H,76,77,78)/b30-29-,58-56+. The van der Waals surface area contributed by atoms with Gasteiger partial charge in [0.15, 0.2) is 6.29 Å². The second-order valence-corrected chi connectivity index (χ2v) is 25.9. The van der Waals surface area contributed by atoms with Gasteiger partial charge in [0.25, 0.3) is 0 Å². The smallest absolute Gasteiger partial charge is 0.394 e. The molecule has 1 amide bonds. The van der Waals surface area contributed by atoms with Crippen molar-refractivity contribution < 1.29 is 51.8 Å². The number of carbonyl (C=O) groups excluding carboxylic acids is 1. The summed E-state index contributed by atoms with van der Waals surface area (Å²) in [5.41, 5.74) is 0. The second kappa shape index (κ2) is 58.6. The van der Waals surface area contributed by atoms with Gasteiger partial charge in [-0.25, -0.2) is 4.18 Å². The van der Waals surface area contributed by atoms with Crippen molar-refractivity contribution in [3.05, 3.63) is 24.3 Å². The third-order valence-electron chi connectivity index (χ3n) is 17.0. The zero-order chi connectivity index (χ0) is 59.7. The van der Waals surface area contributed by atoms with Crippen LogP contribution in [0.15, 0.2) is 24.3 Å². The van der Waals surface area contributed by atoms with Crippen molar-refractivity contribution in [1.29, 1.82) is 0 Å². The molecule has 7 atom stereocenters. The van der Waals surface area contributed by atoms with E-state index < -0.39 is 59.9 Å². The summed E-state index contributed by atoms with van der Waals surface area (Å²) in [5.74, 6) is -0.255. The molecule has 1 rings (SSSR count). The highest BCUT2D eigenvalue weighted by Gasteiger charge is 2.48. The van der Waals surface area contributed by atoms with E-state index in [0.717, 1.165) is 38.5 Å². The number of nitrogens with one attached hydrogen (secondary N) is 1. The SMILES string of the molecule is CCCCCCCCCCCCCCCC/C=C\CCCCCCCCCCCCCCCCCCCC(=O)NC(COC1OC(CO)C(O)C(OS(=O)(=O)O)C1O)C(O)/C=C/CCCCCCCCCCCCCCCCCCCC. The summed E-state index contributed by atoms with van der Waals surface area (Å²) in [6.45, 7) is 3.46. The van der Waals surface area contributed by atoms with Crippen LogP contribution in [0, 0.1) is 0 Å². The molecule has 0 bridgehead atoms. The van der Waals surface area contributed by atoms with Gasteiger partial charge in [0.1, 0.15) is 24.4 Å². The molecule has 1 fully saturated rings. The number of carbonyl (C=O) groups is 1. The summed E-state index contributed by atoms with van der Waals surface area (Å²) >= 11 is 0. The van der Waals surface area contributed by atoms with Gasteiger partial charge in [0.05, 0.1) is 25.4 Å². The van der Waals surface area contributed by atoms with Crippen LogP contribution in [-0.2, 0) is 28.9 Å². The van der Waals surface area contributed by atoms with Gasteiger partial charge in [0, 0.05) is 6.42 Å². The lowest BCUT2D eigenvalue weighted by Crippen LogP contribution is -2.61. The first kappa shape index (κ1) is 78.6. The van der Waals surface area contributed by atoms with Crippen molar-refractivity contribution in [3.8, 4) is 0 Å². The third kappa shape index (κ3) is 49.7. The highest BCUT2D eigenvalue weighted by atomic mass is 32.3. The zero-order valence-corrected chi connectivity index (χ0v) is 54.2. The van der Waals surface area contributed by atoms with Crippen molar-refractivity contribution in [3.63, 3.8) is 0 Å². The van der Waals surface area contributed by atoms with E-state index in [1.165, 1.54) is 289 Å². The van der Waals surface area contributed by atoms with E-state index >= 15 is 0 Å². The van der Waals surface area contributed by atoms with Crippen LogP contribution in [0.25, 0.3) is 0 Å². The molecule has 1 heterocycles. The monoisotopic (exact) mass is 1180 g/mol. The summed E-state index contributed by atoms with van der Waals surface area (Å²) in [6.07, 6.45) is 66.9. The van der Waals surface area contributed by atoms with E-state index in [2.05, 4.69) is 35.5 Å². The lowest BCUT2D eigenvalue weighted by molar-refractivity contribution is -0.298. The largest absolute Gasteiger partial charge is 0.397 e. The molecule has 0 spiro atoms. The molecule has 7 unspecified atom stereocenters. The van der Waals surface area contributed by atoms with E-state index in [0.29, 0.717) is 6.42 Å². The van der Waals surface area contributed by atoms with E-state index in [9.17, 15) is 38.2 Å². The molecule has 82 heavy (non-hydrogen) atoms. The van der Waals surface area contributed by atoms with Gasteiger partial charge in [0.2, 0.25) is 5.91 Å². The first-order chi connectivity index (χ1) is 40.0. The Morgan fingerprint density at radius 1 is 0.476 bits per heavy atom. The van der Waals surface area contributed by atoms with Gasteiger partial charge in [-0.3, -0.25) is 9.35 Å². The van der Waals surface area contributed by atoms with Crippen LogP contribution in [0.5, 0.6) is 0 Å². The minimum atomic E-state index is -5.09. The number of aliphatic hydroxyl groups is 4. The summed E-state index contributed by atoms with van der Waals surface area (Å²) < 4.78 is 48.0. The topological polar surface area (TPSA) is 192 Å². The minimum absolute atomic E-state index is 0.255. The van der Waals surface area contributed by atoms with Crippen molar-refractivity contribution >= 4 is 16.3 Å². The lowest BCUT2D eigenvalue weighted by Gasteiger charge is -2.41. The maximum Gasteiger partial charge on any atom is 0.397 e. The lowest BCUT2D eigenvalue weighted by atomic mass is 9.99. The summed E-state index contributed by atoms with van der Waals surface area (Å²) in [7, 11) is -5.09. The Morgan fingerprint density at radius 3 is 1.10 bits per heavy atom. The van der Waals surface area contributed by atoms with E-state index in [4.69, 9.17) is 9.47 Å². The Kier molecular flexibility index (Phi) is 56.2. The zero-order valence-electron chi connectivity index (χ0n) is 53.3. The molecule has 0 aliphatic carbocycles. The fourth-order valence-electron chi connectivity index (χ4n) is 11.6. The average molecular weight is 1180 g/mol. The number of ether oxygens (including phenoxy) is 2. The van der Waals surface area contributed by atoms with E-state index in [1.54, 1.807) is 6.08 Å². The molecule has 1 aliphatic heterocycles. The highest BCUT2D eigenvalue weighted by Crippen LogP contribution is 2.26. The average Bonchev–Trinajstić information content (AvgIpc) is 3.62. The Bertz CT molecular complexity index is 1530. The third-order valence-corrected chi connectivity index (χ3v) is 17.4. The fraction of sp³-hybridized carbons (Fsp3) is 0.928. The predicted molar refractivity (Wildman–Crippen MR) is 342 cm³/mol. The molecule has 486 valence electrons. The number of unbranched alkanes of at least 4 members (excludes halogenated alkanes) is 49. The number of allylic oxidation sites excluding steroid dienone is 3. The molecule has 1 saturated heterocycles. The highest BCUT2D eigenvalue weighted by molar-refractivity contribution is 7.80. The summed E-state index contributed by atoms with van der Waals surface area (Å²) in [6, 6.07) is -0.943. The van der Waals surface area contributed by atoms with E-state index in [-0.39, 0.29) is 18.9 Å². The number of aliphatic hydroxyl groups excluding tert-OH is 4. The van der Waals surface area contributed by atoms with Crippen LogP contribution < -0.4 is 5.32 Å². The van der Waals surface area contributed by atoms with Crippen LogP contribution in [0.3, 0.4) is 0 Å². The molecule has 0 radical (unpaired) electrons. The van der Waals surface area contributed by atoms with Crippen LogP contribution in [0.2, 0.25) is 0 Å². The van der Waals surface area contributed by atoms with Gasteiger partial charge >= 0.3 is 10.4 Å². The quantitative estimate of drug-likeness (QED) is 0.0193. The Hall–Kier alpha value is -1.42. The minimum Gasteiger partial charge on any atom is -0.394 e. The molecule has 0 saturated carbocycles. The Labute approximate surface area is 505 Å². The number of hydrogen-bond acceptors (Lipinski definition) is 10. The maximum absolute atomic E-state index is 13.2. The van der Waals surface area contributed by atoms with Crippen molar-refractivity contribution in [1.82, 2.24) is 5.32 Å². The van der Waals surface area contributed by atoms with Gasteiger partial charge in [-0.1, -0.05) is 327 Å². The molecular weight excluding hydrogens is 1050 g/mol.